The number of aromatic nitrogens is 1. The molecule has 1 aliphatic heterocycles. The first-order valence-corrected chi connectivity index (χ1v) is 8.22. The van der Waals surface area contributed by atoms with Crippen LogP contribution in [0.15, 0.2) is 24.3 Å². The molecule has 0 unspecified atom stereocenters. The van der Waals surface area contributed by atoms with E-state index in [1.165, 1.54) is 0 Å². The van der Waals surface area contributed by atoms with Gasteiger partial charge in [0.2, 0.25) is 0 Å². The normalized spacial score (nSPS) is 17.2. The number of para-hydroxylation sites is 1. The van der Waals surface area contributed by atoms with Crippen LogP contribution in [0.5, 0.6) is 0 Å². The van der Waals surface area contributed by atoms with Crippen molar-refractivity contribution in [3.8, 4) is 0 Å². The smallest absolute Gasteiger partial charge is 0.159 e. The van der Waals surface area contributed by atoms with E-state index in [-0.39, 0.29) is 5.78 Å². The van der Waals surface area contributed by atoms with E-state index in [4.69, 9.17) is 0 Å². The van der Waals surface area contributed by atoms with Crippen molar-refractivity contribution in [1.29, 1.82) is 0 Å². The number of carbonyl (C=O) groups excluding carboxylic acids is 1. The molecule has 112 valence electrons. The van der Waals surface area contributed by atoms with E-state index in [0.717, 1.165) is 41.4 Å². The standard InChI is InChI=1S/C16H21N3OS/c1-16(2,19-9-7-17-8-10-19)14(20)11-15-18-12-5-3-4-6-13(12)21-15/h3-6,17H,7-11H2,1-2H3. The van der Waals surface area contributed by atoms with Gasteiger partial charge in [-0.3, -0.25) is 9.69 Å². The molecule has 1 aromatic heterocycles. The summed E-state index contributed by atoms with van der Waals surface area (Å²) in [5.74, 6) is 0.253. The van der Waals surface area contributed by atoms with Crippen molar-refractivity contribution in [2.24, 2.45) is 0 Å². The van der Waals surface area contributed by atoms with Crippen molar-refractivity contribution in [2.45, 2.75) is 25.8 Å². The van der Waals surface area contributed by atoms with Crippen LogP contribution in [0, 0.1) is 0 Å². The molecule has 1 fully saturated rings. The lowest BCUT2D eigenvalue weighted by Gasteiger charge is -2.39. The molecule has 1 aliphatic rings. The van der Waals surface area contributed by atoms with Crippen molar-refractivity contribution >= 4 is 27.3 Å². The van der Waals surface area contributed by atoms with Gasteiger partial charge in [-0.2, -0.15) is 0 Å². The average Bonchev–Trinajstić information content (AvgIpc) is 2.90. The van der Waals surface area contributed by atoms with Gasteiger partial charge in [-0.25, -0.2) is 4.98 Å². The minimum absolute atomic E-state index is 0.253. The summed E-state index contributed by atoms with van der Waals surface area (Å²) >= 11 is 1.63. The summed E-state index contributed by atoms with van der Waals surface area (Å²) in [5.41, 5.74) is 0.574. The number of hydrogen-bond donors (Lipinski definition) is 1. The van der Waals surface area contributed by atoms with Crippen LogP contribution in [0.3, 0.4) is 0 Å². The van der Waals surface area contributed by atoms with Gasteiger partial charge in [-0.1, -0.05) is 12.1 Å². The summed E-state index contributed by atoms with van der Waals surface area (Å²) in [6, 6.07) is 8.05. The number of nitrogens with zero attached hydrogens (tertiary/aromatic N) is 2. The predicted molar refractivity (Wildman–Crippen MR) is 86.9 cm³/mol. The van der Waals surface area contributed by atoms with Gasteiger partial charge in [-0.15, -0.1) is 11.3 Å². The van der Waals surface area contributed by atoms with E-state index in [1.807, 2.05) is 32.0 Å². The molecule has 0 amide bonds. The lowest BCUT2D eigenvalue weighted by molar-refractivity contribution is -0.129. The second-order valence-electron chi connectivity index (χ2n) is 5.97. The molecule has 1 saturated heterocycles. The number of carbonyl (C=O) groups is 1. The molecule has 2 aromatic rings. The molecular formula is C16H21N3OS. The van der Waals surface area contributed by atoms with Crippen molar-refractivity contribution in [1.82, 2.24) is 15.2 Å². The number of hydrogen-bond acceptors (Lipinski definition) is 5. The largest absolute Gasteiger partial charge is 0.314 e. The molecule has 0 radical (unpaired) electrons. The predicted octanol–water partition coefficient (Wildman–Crippen LogP) is 2.09. The number of piperazine rings is 1. The van der Waals surface area contributed by atoms with Gasteiger partial charge < -0.3 is 5.32 Å². The Balaban J connectivity index is 1.75. The Morgan fingerprint density at radius 3 is 2.76 bits per heavy atom. The number of nitrogens with one attached hydrogen (secondary N) is 1. The maximum Gasteiger partial charge on any atom is 0.159 e. The number of ketones is 1. The van der Waals surface area contributed by atoms with E-state index in [1.54, 1.807) is 11.3 Å². The molecule has 4 nitrogen and oxygen atoms in total. The van der Waals surface area contributed by atoms with Crippen LogP contribution in [-0.4, -0.2) is 47.4 Å². The fourth-order valence-corrected chi connectivity index (χ4v) is 3.72. The molecule has 0 spiro atoms. The zero-order chi connectivity index (χ0) is 14.9. The zero-order valence-corrected chi connectivity index (χ0v) is 13.4. The third kappa shape index (κ3) is 3.00. The highest BCUT2D eigenvalue weighted by atomic mass is 32.1. The van der Waals surface area contributed by atoms with Crippen molar-refractivity contribution in [3.63, 3.8) is 0 Å². The first-order valence-electron chi connectivity index (χ1n) is 7.41. The molecule has 3 rings (SSSR count). The summed E-state index contributed by atoms with van der Waals surface area (Å²) in [6.07, 6.45) is 0.427. The summed E-state index contributed by atoms with van der Waals surface area (Å²) < 4.78 is 1.15. The van der Waals surface area contributed by atoms with Gasteiger partial charge in [0, 0.05) is 26.2 Å². The van der Waals surface area contributed by atoms with E-state index in [0.29, 0.717) is 6.42 Å². The summed E-state index contributed by atoms with van der Waals surface area (Å²) in [6.45, 7) is 7.84. The Kier molecular flexibility index (Phi) is 4.06. The second-order valence-corrected chi connectivity index (χ2v) is 7.09. The molecule has 0 saturated carbocycles. The number of Topliss-reactive ketones (excluding diaryl/α,β-unsaturated/α-hetero) is 1. The van der Waals surface area contributed by atoms with Crippen LogP contribution < -0.4 is 5.32 Å². The Bertz CT molecular complexity index is 611. The molecule has 0 atom stereocenters. The summed E-state index contributed by atoms with van der Waals surface area (Å²) in [4.78, 5) is 19.6. The molecule has 0 bridgehead atoms. The molecule has 21 heavy (non-hydrogen) atoms. The Morgan fingerprint density at radius 1 is 1.33 bits per heavy atom. The van der Waals surface area contributed by atoms with Crippen molar-refractivity contribution in [3.05, 3.63) is 29.3 Å². The fourth-order valence-electron chi connectivity index (χ4n) is 2.75. The molecule has 1 aromatic carbocycles. The minimum Gasteiger partial charge on any atom is -0.314 e. The summed E-state index contributed by atoms with van der Waals surface area (Å²) in [7, 11) is 0. The fraction of sp³-hybridized carbons (Fsp3) is 0.500. The Morgan fingerprint density at radius 2 is 2.05 bits per heavy atom. The topological polar surface area (TPSA) is 45.2 Å². The highest BCUT2D eigenvalue weighted by Crippen LogP contribution is 2.25. The quantitative estimate of drug-likeness (QED) is 0.939. The highest BCUT2D eigenvalue weighted by Gasteiger charge is 2.35. The van der Waals surface area contributed by atoms with E-state index in [2.05, 4.69) is 21.3 Å². The van der Waals surface area contributed by atoms with Gasteiger partial charge in [0.25, 0.3) is 0 Å². The van der Waals surface area contributed by atoms with E-state index >= 15 is 0 Å². The number of fused-ring (bicyclic) bond motifs is 1. The van der Waals surface area contributed by atoms with Gasteiger partial charge in [0.15, 0.2) is 5.78 Å². The SMILES string of the molecule is CC(C)(C(=O)Cc1nc2ccccc2s1)N1CCNCC1. The van der Waals surface area contributed by atoms with E-state index in [9.17, 15) is 4.79 Å². The number of thiazole rings is 1. The van der Waals surface area contributed by atoms with Crippen LogP contribution in [0.4, 0.5) is 0 Å². The van der Waals surface area contributed by atoms with Crippen LogP contribution in [-0.2, 0) is 11.2 Å². The lowest BCUT2D eigenvalue weighted by atomic mass is 9.93. The van der Waals surface area contributed by atoms with Gasteiger partial charge in [-0.05, 0) is 26.0 Å². The second kappa shape index (κ2) is 5.83. The van der Waals surface area contributed by atoms with Crippen LogP contribution in [0.1, 0.15) is 18.9 Å². The lowest BCUT2D eigenvalue weighted by Crippen LogP contribution is -2.57. The Hall–Kier alpha value is -1.30. The van der Waals surface area contributed by atoms with Gasteiger partial charge >= 0.3 is 0 Å². The van der Waals surface area contributed by atoms with Crippen molar-refractivity contribution < 1.29 is 4.79 Å². The van der Waals surface area contributed by atoms with Crippen LogP contribution >= 0.6 is 11.3 Å². The van der Waals surface area contributed by atoms with E-state index < -0.39 is 5.54 Å². The zero-order valence-electron chi connectivity index (χ0n) is 12.6. The first kappa shape index (κ1) is 14.6. The van der Waals surface area contributed by atoms with Gasteiger partial charge in [0.1, 0.15) is 5.01 Å². The van der Waals surface area contributed by atoms with Crippen LogP contribution in [0.2, 0.25) is 0 Å². The molecular weight excluding hydrogens is 282 g/mol. The van der Waals surface area contributed by atoms with Gasteiger partial charge in [0.05, 0.1) is 22.2 Å². The molecule has 2 heterocycles. The highest BCUT2D eigenvalue weighted by molar-refractivity contribution is 7.18. The minimum atomic E-state index is -0.417. The molecule has 1 N–H and O–H groups in total. The summed E-state index contributed by atoms with van der Waals surface area (Å²) in [5, 5.41) is 4.25. The maximum absolute atomic E-state index is 12.7. The maximum atomic E-state index is 12.7. The number of rotatable bonds is 4. The van der Waals surface area contributed by atoms with Crippen LogP contribution in [0.25, 0.3) is 10.2 Å². The Labute approximate surface area is 129 Å². The number of benzene rings is 1. The van der Waals surface area contributed by atoms with Crippen molar-refractivity contribution in [2.75, 3.05) is 26.2 Å². The monoisotopic (exact) mass is 303 g/mol. The molecule has 5 heteroatoms. The first-order chi connectivity index (χ1) is 10.1. The third-order valence-corrected chi connectivity index (χ3v) is 5.28. The third-order valence-electron chi connectivity index (χ3n) is 4.24. The molecule has 0 aliphatic carbocycles. The average molecular weight is 303 g/mol.